The SMILES string of the molecule is O=C1c2ccccc2-c2cc(Cc3nc(OCCc4ccccc4)nc(N4CCOCC4)n3)ccc21. The monoisotopic (exact) mass is 478 g/mol. The van der Waals surface area contributed by atoms with Gasteiger partial charge in [-0.05, 0) is 28.3 Å². The number of aromatic nitrogens is 3. The lowest BCUT2D eigenvalue weighted by Gasteiger charge is -2.27. The summed E-state index contributed by atoms with van der Waals surface area (Å²) in [6.45, 7) is 3.22. The smallest absolute Gasteiger partial charge is 0.321 e. The van der Waals surface area contributed by atoms with Crippen molar-refractivity contribution in [3.8, 4) is 17.1 Å². The average molecular weight is 479 g/mol. The van der Waals surface area contributed by atoms with Gasteiger partial charge in [0.1, 0.15) is 5.82 Å². The molecule has 3 aromatic carbocycles. The second-order valence-electron chi connectivity index (χ2n) is 8.95. The molecule has 36 heavy (non-hydrogen) atoms. The first kappa shape index (κ1) is 22.4. The lowest BCUT2D eigenvalue weighted by Crippen LogP contribution is -2.37. The van der Waals surface area contributed by atoms with Crippen molar-refractivity contribution in [2.24, 2.45) is 0 Å². The molecule has 0 bridgehead atoms. The Labute approximate surface area is 209 Å². The zero-order valence-electron chi connectivity index (χ0n) is 19.9. The van der Waals surface area contributed by atoms with Crippen LogP contribution in [0.4, 0.5) is 5.95 Å². The van der Waals surface area contributed by atoms with Gasteiger partial charge in [0.15, 0.2) is 5.78 Å². The molecule has 1 aliphatic carbocycles. The van der Waals surface area contributed by atoms with Crippen molar-refractivity contribution in [1.29, 1.82) is 0 Å². The fraction of sp³-hybridized carbons (Fsp3) is 0.241. The summed E-state index contributed by atoms with van der Waals surface area (Å²) in [6.07, 6.45) is 1.28. The van der Waals surface area contributed by atoms with Gasteiger partial charge in [0.25, 0.3) is 0 Å². The Kier molecular flexibility index (Phi) is 6.13. The van der Waals surface area contributed by atoms with E-state index in [9.17, 15) is 4.79 Å². The van der Waals surface area contributed by atoms with Gasteiger partial charge in [-0.2, -0.15) is 15.0 Å². The topological polar surface area (TPSA) is 77.4 Å². The van der Waals surface area contributed by atoms with Crippen molar-refractivity contribution >= 4 is 11.7 Å². The molecule has 180 valence electrons. The molecule has 1 aliphatic heterocycles. The first-order valence-corrected chi connectivity index (χ1v) is 12.3. The minimum atomic E-state index is 0.0796. The van der Waals surface area contributed by atoms with Gasteiger partial charge in [0.2, 0.25) is 5.95 Å². The minimum Gasteiger partial charge on any atom is -0.463 e. The molecule has 0 spiro atoms. The summed E-state index contributed by atoms with van der Waals surface area (Å²) in [5, 5.41) is 0. The highest BCUT2D eigenvalue weighted by Crippen LogP contribution is 2.37. The highest BCUT2D eigenvalue weighted by atomic mass is 16.5. The lowest BCUT2D eigenvalue weighted by molar-refractivity contribution is 0.104. The van der Waals surface area contributed by atoms with E-state index in [-0.39, 0.29) is 5.78 Å². The van der Waals surface area contributed by atoms with Crippen LogP contribution in [0.5, 0.6) is 6.01 Å². The van der Waals surface area contributed by atoms with Crippen LogP contribution in [-0.4, -0.2) is 53.6 Å². The molecule has 0 atom stereocenters. The molecule has 1 fully saturated rings. The highest BCUT2D eigenvalue weighted by molar-refractivity contribution is 6.21. The van der Waals surface area contributed by atoms with E-state index in [1.54, 1.807) is 0 Å². The first-order valence-electron chi connectivity index (χ1n) is 12.3. The Morgan fingerprint density at radius 2 is 1.53 bits per heavy atom. The number of carbonyl (C=O) groups excluding carboxylic acids is 1. The van der Waals surface area contributed by atoms with Crippen molar-refractivity contribution < 1.29 is 14.3 Å². The van der Waals surface area contributed by atoms with Gasteiger partial charge in [-0.1, -0.05) is 66.7 Å². The third-order valence-corrected chi connectivity index (χ3v) is 6.56. The van der Waals surface area contributed by atoms with E-state index < -0.39 is 0 Å². The fourth-order valence-electron chi connectivity index (χ4n) is 4.71. The van der Waals surface area contributed by atoms with E-state index in [1.807, 2.05) is 54.6 Å². The summed E-state index contributed by atoms with van der Waals surface area (Å²) < 4.78 is 11.5. The van der Waals surface area contributed by atoms with Crippen molar-refractivity contribution in [3.63, 3.8) is 0 Å². The van der Waals surface area contributed by atoms with E-state index in [1.165, 1.54) is 5.56 Å². The molecular weight excluding hydrogens is 452 g/mol. The van der Waals surface area contributed by atoms with Crippen LogP contribution in [0.1, 0.15) is 32.9 Å². The van der Waals surface area contributed by atoms with Gasteiger partial charge in [0, 0.05) is 37.1 Å². The van der Waals surface area contributed by atoms with Gasteiger partial charge in [0.05, 0.1) is 19.8 Å². The zero-order valence-corrected chi connectivity index (χ0v) is 19.9. The van der Waals surface area contributed by atoms with Gasteiger partial charge >= 0.3 is 6.01 Å². The predicted octanol–water partition coefficient (Wildman–Crippen LogP) is 4.13. The van der Waals surface area contributed by atoms with Crippen molar-refractivity contribution in [2.75, 3.05) is 37.8 Å². The van der Waals surface area contributed by atoms with Gasteiger partial charge in [-0.15, -0.1) is 0 Å². The number of ketones is 1. The second kappa shape index (κ2) is 9.87. The fourth-order valence-corrected chi connectivity index (χ4v) is 4.71. The number of ether oxygens (including phenoxy) is 2. The number of nitrogens with zero attached hydrogens (tertiary/aromatic N) is 4. The maximum Gasteiger partial charge on any atom is 0.321 e. The Morgan fingerprint density at radius 1 is 0.778 bits per heavy atom. The number of benzene rings is 3. The van der Waals surface area contributed by atoms with Crippen LogP contribution < -0.4 is 9.64 Å². The summed E-state index contributed by atoms with van der Waals surface area (Å²) >= 11 is 0. The number of hydrogen-bond donors (Lipinski definition) is 0. The summed E-state index contributed by atoms with van der Waals surface area (Å²) in [6, 6.07) is 24.3. The predicted molar refractivity (Wildman–Crippen MR) is 137 cm³/mol. The van der Waals surface area contributed by atoms with E-state index in [2.05, 4.69) is 33.1 Å². The number of fused-ring (bicyclic) bond motifs is 3. The molecule has 2 heterocycles. The van der Waals surface area contributed by atoms with Crippen LogP contribution in [-0.2, 0) is 17.6 Å². The molecule has 1 aromatic heterocycles. The molecule has 0 unspecified atom stereocenters. The second-order valence-corrected chi connectivity index (χ2v) is 8.95. The van der Waals surface area contributed by atoms with Crippen molar-refractivity contribution in [2.45, 2.75) is 12.8 Å². The van der Waals surface area contributed by atoms with Gasteiger partial charge < -0.3 is 14.4 Å². The van der Waals surface area contributed by atoms with Crippen LogP contribution in [0.3, 0.4) is 0 Å². The molecule has 2 aliphatic rings. The number of rotatable bonds is 7. The zero-order chi connectivity index (χ0) is 24.3. The molecule has 0 radical (unpaired) electrons. The average Bonchev–Trinajstić information content (AvgIpc) is 3.21. The Bertz CT molecular complexity index is 1400. The molecule has 1 saturated heterocycles. The number of carbonyl (C=O) groups is 1. The largest absolute Gasteiger partial charge is 0.463 e. The summed E-state index contributed by atoms with van der Waals surface area (Å²) in [4.78, 5) is 28.9. The van der Waals surface area contributed by atoms with E-state index >= 15 is 0 Å². The molecule has 0 amide bonds. The first-order chi connectivity index (χ1) is 17.7. The molecule has 6 rings (SSSR count). The summed E-state index contributed by atoms with van der Waals surface area (Å²) in [5.74, 6) is 1.33. The molecular formula is C29H26N4O3. The maximum absolute atomic E-state index is 12.8. The molecule has 4 aromatic rings. The van der Waals surface area contributed by atoms with Gasteiger partial charge in [-0.3, -0.25) is 4.79 Å². The van der Waals surface area contributed by atoms with Crippen molar-refractivity contribution in [1.82, 2.24) is 15.0 Å². The number of morpholine rings is 1. The van der Waals surface area contributed by atoms with Crippen LogP contribution >= 0.6 is 0 Å². The maximum atomic E-state index is 12.8. The molecule has 7 heteroatoms. The van der Waals surface area contributed by atoms with E-state index in [0.29, 0.717) is 44.0 Å². The van der Waals surface area contributed by atoms with Gasteiger partial charge in [-0.25, -0.2) is 0 Å². The normalized spacial score (nSPS) is 14.4. The number of hydrogen-bond acceptors (Lipinski definition) is 7. The third kappa shape index (κ3) is 4.57. The highest BCUT2D eigenvalue weighted by Gasteiger charge is 2.26. The van der Waals surface area contributed by atoms with E-state index in [0.717, 1.165) is 47.3 Å². The summed E-state index contributed by atoms with van der Waals surface area (Å²) in [5.41, 5.74) is 5.69. The van der Waals surface area contributed by atoms with E-state index in [4.69, 9.17) is 14.5 Å². The third-order valence-electron chi connectivity index (χ3n) is 6.56. The molecule has 0 N–H and O–H groups in total. The minimum absolute atomic E-state index is 0.0796. The lowest BCUT2D eigenvalue weighted by atomic mass is 10.0. The Balaban J connectivity index is 1.26. The van der Waals surface area contributed by atoms with Crippen LogP contribution in [0, 0.1) is 0 Å². The molecule has 7 nitrogen and oxygen atoms in total. The van der Waals surface area contributed by atoms with Crippen LogP contribution in [0.15, 0.2) is 72.8 Å². The Morgan fingerprint density at radius 3 is 2.36 bits per heavy atom. The Hall–Kier alpha value is -4.10. The van der Waals surface area contributed by atoms with Crippen molar-refractivity contribution in [3.05, 3.63) is 101 Å². The van der Waals surface area contributed by atoms with Crippen LogP contribution in [0.25, 0.3) is 11.1 Å². The standard InChI is InChI=1S/C29H26N4O3/c34-27-23-9-5-4-8-22(23)25-18-21(10-11-24(25)27)19-26-30-28(33-13-16-35-17-14-33)32-29(31-26)36-15-12-20-6-2-1-3-7-20/h1-11,18H,12-17,19H2. The molecule has 0 saturated carbocycles. The van der Waals surface area contributed by atoms with Crippen LogP contribution in [0.2, 0.25) is 0 Å². The summed E-state index contributed by atoms with van der Waals surface area (Å²) in [7, 11) is 0. The quantitative estimate of drug-likeness (QED) is 0.348. The number of anilines is 1.